The number of halogens is 1. The first kappa shape index (κ1) is 29.7. The van der Waals surface area contributed by atoms with Gasteiger partial charge in [0.15, 0.2) is 6.23 Å². The van der Waals surface area contributed by atoms with Crippen LogP contribution in [0, 0.1) is 5.92 Å². The maximum Gasteiger partial charge on any atom is 0.380 e. The van der Waals surface area contributed by atoms with Crippen molar-refractivity contribution in [3.63, 3.8) is 0 Å². The summed E-state index contributed by atoms with van der Waals surface area (Å²) in [6.07, 6.45) is -5.55. The molecule has 14 heteroatoms. The first-order valence-corrected chi connectivity index (χ1v) is 13.7. The molecule has 4 N–H and O–H groups in total. The molecule has 12 nitrogen and oxygen atoms in total. The van der Waals surface area contributed by atoms with Gasteiger partial charge in [-0.15, -0.1) is 0 Å². The standard InChI is InChI=1S/C24H33FN3O9P/c1-14(2)34-21(31)15(3)12-38(33,37-17-8-6-5-7-9-17)36-16(4)19-20(30)24(26,13-25)22(35-19)28-11-10-18(29)27-23(28)32/h5-11,14-16,19-20,22,30H,12-13,26H2,1-4H3,(H,27,29,32)/t15-,16-,19-,20+,22-,24?,38?/m1/s1. The minimum atomic E-state index is -4.13. The largest absolute Gasteiger partial charge is 0.463 e. The second kappa shape index (κ2) is 11.9. The first-order chi connectivity index (χ1) is 17.8. The summed E-state index contributed by atoms with van der Waals surface area (Å²) in [6, 6.07) is 9.14. The zero-order valence-corrected chi connectivity index (χ0v) is 22.4. The summed E-state index contributed by atoms with van der Waals surface area (Å²) in [7, 11) is -4.13. The van der Waals surface area contributed by atoms with Crippen LogP contribution in [0.3, 0.4) is 0 Å². The summed E-state index contributed by atoms with van der Waals surface area (Å²) < 4.78 is 51.5. The van der Waals surface area contributed by atoms with Gasteiger partial charge < -0.3 is 24.8 Å². The van der Waals surface area contributed by atoms with Gasteiger partial charge in [-0.1, -0.05) is 25.1 Å². The van der Waals surface area contributed by atoms with E-state index in [0.717, 1.165) is 16.8 Å². The quantitative estimate of drug-likeness (QED) is 0.273. The second-order valence-electron chi connectivity index (χ2n) is 9.56. The van der Waals surface area contributed by atoms with E-state index in [9.17, 15) is 28.4 Å². The maximum absolute atomic E-state index is 14.2. The Bertz CT molecular complexity index is 1270. The van der Waals surface area contributed by atoms with Crippen LogP contribution in [0.5, 0.6) is 5.75 Å². The number of hydrogen-bond acceptors (Lipinski definition) is 10. The van der Waals surface area contributed by atoms with Gasteiger partial charge in [0.05, 0.1) is 24.3 Å². The molecule has 1 saturated heterocycles. The van der Waals surface area contributed by atoms with E-state index in [1.807, 2.05) is 4.98 Å². The molecule has 0 amide bonds. The fourth-order valence-electron chi connectivity index (χ4n) is 4.07. The lowest BCUT2D eigenvalue weighted by Crippen LogP contribution is -2.58. The number of aliphatic hydroxyl groups is 1. The molecule has 3 rings (SSSR count). The third-order valence-electron chi connectivity index (χ3n) is 5.97. The lowest BCUT2D eigenvalue weighted by Gasteiger charge is -2.31. The number of nitrogens with two attached hydrogens (primary N) is 1. The van der Waals surface area contributed by atoms with Crippen molar-refractivity contribution < 1.29 is 37.4 Å². The van der Waals surface area contributed by atoms with Crippen LogP contribution in [0.4, 0.5) is 4.39 Å². The number of para-hydroxylation sites is 1. The molecule has 0 saturated carbocycles. The number of carbonyl (C=O) groups is 1. The minimum absolute atomic E-state index is 0.204. The molecule has 210 valence electrons. The van der Waals surface area contributed by atoms with Crippen molar-refractivity contribution in [1.29, 1.82) is 0 Å². The summed E-state index contributed by atoms with van der Waals surface area (Å²) in [5, 5.41) is 10.9. The van der Waals surface area contributed by atoms with Crippen molar-refractivity contribution in [1.82, 2.24) is 9.55 Å². The monoisotopic (exact) mass is 557 g/mol. The van der Waals surface area contributed by atoms with E-state index < -0.39 is 73.6 Å². The summed E-state index contributed by atoms with van der Waals surface area (Å²) in [5.41, 5.74) is 2.42. The summed E-state index contributed by atoms with van der Waals surface area (Å²) in [5.74, 6) is -1.29. The molecular formula is C24H33FN3O9P. The number of alkyl halides is 1. The van der Waals surface area contributed by atoms with Crippen molar-refractivity contribution in [3.8, 4) is 5.75 Å². The molecule has 0 aliphatic carbocycles. The third kappa shape index (κ3) is 6.59. The van der Waals surface area contributed by atoms with Crippen molar-refractivity contribution in [2.24, 2.45) is 11.7 Å². The number of esters is 1. The van der Waals surface area contributed by atoms with Gasteiger partial charge in [-0.25, -0.2) is 13.8 Å². The topological polar surface area (TPSA) is 172 Å². The number of hydrogen-bond donors (Lipinski definition) is 3. The summed E-state index contributed by atoms with van der Waals surface area (Å²) >= 11 is 0. The number of aromatic nitrogens is 2. The van der Waals surface area contributed by atoms with Gasteiger partial charge in [-0.3, -0.25) is 23.7 Å². The number of aromatic amines is 1. The molecule has 0 radical (unpaired) electrons. The van der Waals surface area contributed by atoms with E-state index in [2.05, 4.69) is 0 Å². The Morgan fingerprint density at radius 1 is 1.24 bits per heavy atom. The van der Waals surface area contributed by atoms with Gasteiger partial charge in [0, 0.05) is 12.3 Å². The highest BCUT2D eigenvalue weighted by molar-refractivity contribution is 7.54. The smallest absolute Gasteiger partial charge is 0.380 e. The Morgan fingerprint density at radius 3 is 2.47 bits per heavy atom. The number of H-pyrrole nitrogens is 1. The van der Waals surface area contributed by atoms with E-state index in [-0.39, 0.29) is 11.9 Å². The second-order valence-corrected chi connectivity index (χ2v) is 11.5. The Kier molecular flexibility index (Phi) is 9.32. The van der Waals surface area contributed by atoms with Crippen LogP contribution in [0.25, 0.3) is 0 Å². The Balaban J connectivity index is 1.89. The molecule has 0 spiro atoms. The van der Waals surface area contributed by atoms with Gasteiger partial charge in [0.1, 0.15) is 30.2 Å². The van der Waals surface area contributed by atoms with Gasteiger partial charge in [0.25, 0.3) is 5.56 Å². The third-order valence-corrected chi connectivity index (χ3v) is 8.11. The Morgan fingerprint density at radius 2 is 1.89 bits per heavy atom. The molecule has 7 atom stereocenters. The van der Waals surface area contributed by atoms with Gasteiger partial charge in [0.2, 0.25) is 0 Å². The van der Waals surface area contributed by atoms with Crippen LogP contribution in [0.2, 0.25) is 0 Å². The number of rotatable bonds is 11. The van der Waals surface area contributed by atoms with Gasteiger partial charge >= 0.3 is 19.3 Å². The Hall–Kier alpha value is -2.83. The van der Waals surface area contributed by atoms with Crippen LogP contribution in [0.15, 0.2) is 52.2 Å². The SMILES string of the molecule is CC(C)OC(=O)[C@H](C)CP(=O)(Oc1ccccc1)O[C@H](C)[C@H]1O[C@@H](n2ccc(=O)[nH]c2=O)C(N)(CF)[C@H]1O. The highest BCUT2D eigenvalue weighted by Gasteiger charge is 2.57. The molecule has 1 aromatic heterocycles. The molecule has 38 heavy (non-hydrogen) atoms. The van der Waals surface area contributed by atoms with Gasteiger partial charge in [-0.2, -0.15) is 0 Å². The van der Waals surface area contributed by atoms with E-state index in [4.69, 9.17) is 24.3 Å². The molecule has 1 aliphatic heterocycles. The van der Waals surface area contributed by atoms with Crippen LogP contribution < -0.4 is 21.5 Å². The zero-order valence-electron chi connectivity index (χ0n) is 21.5. The molecular weight excluding hydrogens is 524 g/mol. The zero-order chi connectivity index (χ0) is 28.3. The summed E-state index contributed by atoms with van der Waals surface area (Å²) in [4.78, 5) is 38.2. The number of aliphatic hydroxyl groups excluding tert-OH is 1. The molecule has 0 bridgehead atoms. The fourth-order valence-corrected chi connectivity index (χ4v) is 6.16. The highest BCUT2D eigenvalue weighted by Crippen LogP contribution is 2.52. The predicted molar refractivity (Wildman–Crippen MR) is 135 cm³/mol. The minimum Gasteiger partial charge on any atom is -0.463 e. The molecule has 1 aromatic carbocycles. The number of nitrogens with zero attached hydrogens (tertiary/aromatic N) is 1. The molecule has 2 heterocycles. The number of carbonyl (C=O) groups excluding carboxylic acids is 1. The fraction of sp³-hybridized carbons (Fsp3) is 0.542. The molecule has 2 aromatic rings. The average Bonchev–Trinajstić information content (AvgIpc) is 3.10. The molecule has 2 unspecified atom stereocenters. The highest BCUT2D eigenvalue weighted by atomic mass is 31.2. The van der Waals surface area contributed by atoms with Crippen LogP contribution in [-0.2, 0) is 23.4 Å². The first-order valence-electron chi connectivity index (χ1n) is 12.0. The van der Waals surface area contributed by atoms with Gasteiger partial charge in [-0.05, 0) is 32.9 Å². The van der Waals surface area contributed by atoms with Crippen molar-refractivity contribution in [3.05, 3.63) is 63.4 Å². The van der Waals surface area contributed by atoms with Crippen molar-refractivity contribution >= 4 is 13.6 Å². The lowest BCUT2D eigenvalue weighted by molar-refractivity contribution is -0.151. The van der Waals surface area contributed by atoms with E-state index in [1.165, 1.54) is 13.8 Å². The van der Waals surface area contributed by atoms with Crippen LogP contribution >= 0.6 is 7.60 Å². The maximum atomic E-state index is 14.2. The van der Waals surface area contributed by atoms with E-state index in [1.54, 1.807) is 44.2 Å². The Labute approximate surface area is 218 Å². The number of benzene rings is 1. The molecule has 1 fully saturated rings. The van der Waals surface area contributed by atoms with Crippen LogP contribution in [-0.4, -0.2) is 63.4 Å². The van der Waals surface area contributed by atoms with Crippen LogP contribution in [0.1, 0.15) is 33.9 Å². The lowest BCUT2D eigenvalue weighted by atomic mass is 9.91. The predicted octanol–water partition coefficient (Wildman–Crippen LogP) is 1.73. The van der Waals surface area contributed by atoms with Crippen molar-refractivity contribution in [2.75, 3.05) is 12.8 Å². The number of ether oxygens (including phenoxy) is 2. The van der Waals surface area contributed by atoms with Crippen molar-refractivity contribution in [2.45, 2.75) is 63.9 Å². The van der Waals surface area contributed by atoms with E-state index in [0.29, 0.717) is 0 Å². The number of nitrogens with one attached hydrogen (secondary N) is 1. The summed E-state index contributed by atoms with van der Waals surface area (Å²) in [6.45, 7) is 4.96. The average molecular weight is 558 g/mol. The normalized spacial score (nSPS) is 26.5. The molecule has 1 aliphatic rings. The van der Waals surface area contributed by atoms with E-state index >= 15 is 0 Å².